The average molecular weight is 261 g/mol. The molecule has 94 valence electrons. The molecule has 0 radical (unpaired) electrons. The van der Waals surface area contributed by atoms with Crippen LogP contribution in [0.25, 0.3) is 0 Å². The topological polar surface area (TPSA) is 63.3 Å². The number of nitrogens with two attached hydrogens (primary N) is 1. The summed E-state index contributed by atoms with van der Waals surface area (Å²) in [7, 11) is -3.61. The molecule has 0 amide bonds. The Balaban J connectivity index is 2.43. The van der Waals surface area contributed by atoms with E-state index in [1.165, 1.54) is 0 Å². The maximum absolute atomic E-state index is 12.5. The fourth-order valence-corrected chi connectivity index (χ4v) is 3.50. The van der Waals surface area contributed by atoms with Crippen LogP contribution < -0.4 is 11.0 Å². The Hall–Kier alpha value is -1.41. The summed E-state index contributed by atoms with van der Waals surface area (Å²) in [6.07, 6.45) is 0. The van der Waals surface area contributed by atoms with Crippen molar-refractivity contribution in [1.82, 2.24) is 0 Å². The van der Waals surface area contributed by atoms with Crippen LogP contribution in [0.5, 0.6) is 0 Å². The molecule has 0 aliphatic rings. The smallest absolute Gasteiger partial charge is 0.250 e. The van der Waals surface area contributed by atoms with Crippen molar-refractivity contribution in [3.63, 3.8) is 0 Å². The number of rotatable bonds is 3. The van der Waals surface area contributed by atoms with Crippen molar-refractivity contribution in [2.45, 2.75) is 12.7 Å². The zero-order valence-electron chi connectivity index (χ0n) is 10.2. The van der Waals surface area contributed by atoms with Gasteiger partial charge in [-0.3, -0.25) is 4.57 Å². The van der Waals surface area contributed by atoms with Crippen molar-refractivity contribution >= 4 is 12.7 Å². The summed E-state index contributed by atoms with van der Waals surface area (Å²) in [4.78, 5) is 10.3. The molecule has 4 heteroatoms. The van der Waals surface area contributed by atoms with Gasteiger partial charge in [0.05, 0.1) is 0 Å². The largest absolute Gasteiger partial charge is 0.340 e. The third kappa shape index (κ3) is 2.39. The Labute approximate surface area is 107 Å². The van der Waals surface area contributed by atoms with Crippen LogP contribution >= 0.6 is 7.37 Å². The van der Waals surface area contributed by atoms with E-state index in [0.717, 1.165) is 5.56 Å². The second-order valence-electron chi connectivity index (χ2n) is 4.26. The van der Waals surface area contributed by atoms with Crippen LogP contribution in [0, 0.1) is 6.92 Å². The lowest BCUT2D eigenvalue weighted by molar-refractivity contribution is 0.477. The van der Waals surface area contributed by atoms with E-state index in [-0.39, 0.29) is 0 Å². The molecule has 3 N–H and O–H groups in total. The Morgan fingerprint density at radius 2 is 1.61 bits per heavy atom. The van der Waals surface area contributed by atoms with Gasteiger partial charge in [0, 0.05) is 5.30 Å². The second kappa shape index (κ2) is 5.07. The normalized spacial score (nSPS) is 15.9. The summed E-state index contributed by atoms with van der Waals surface area (Å²) in [5.41, 5.74) is 7.63. The highest BCUT2D eigenvalue weighted by Crippen LogP contribution is 2.51. The van der Waals surface area contributed by atoms with E-state index in [1.54, 1.807) is 30.3 Å². The van der Waals surface area contributed by atoms with Crippen molar-refractivity contribution in [2.75, 3.05) is 0 Å². The first kappa shape index (κ1) is 13.0. The van der Waals surface area contributed by atoms with E-state index in [4.69, 9.17) is 5.73 Å². The summed E-state index contributed by atoms with van der Waals surface area (Å²) in [5.74, 6) is -0.888. The van der Waals surface area contributed by atoms with Crippen LogP contribution in [0.4, 0.5) is 0 Å². The predicted molar refractivity (Wildman–Crippen MR) is 74.0 cm³/mol. The van der Waals surface area contributed by atoms with Crippen molar-refractivity contribution in [1.29, 1.82) is 0 Å². The molecule has 18 heavy (non-hydrogen) atoms. The summed E-state index contributed by atoms with van der Waals surface area (Å²) in [6.45, 7) is 1.89. The van der Waals surface area contributed by atoms with Gasteiger partial charge in [-0.1, -0.05) is 42.5 Å². The van der Waals surface area contributed by atoms with Crippen LogP contribution in [0.2, 0.25) is 0 Å². The summed E-state index contributed by atoms with van der Waals surface area (Å²) >= 11 is 0. The minimum atomic E-state index is -3.61. The summed E-state index contributed by atoms with van der Waals surface area (Å²) in [5, 5.41) is 0.390. The van der Waals surface area contributed by atoms with E-state index < -0.39 is 13.2 Å². The molecular formula is C14H16NO2P. The van der Waals surface area contributed by atoms with E-state index in [0.29, 0.717) is 10.9 Å². The second-order valence-corrected chi connectivity index (χ2v) is 6.58. The molecule has 3 nitrogen and oxygen atoms in total. The zero-order chi connectivity index (χ0) is 13.2. The Kier molecular flexibility index (Phi) is 3.67. The maximum atomic E-state index is 12.5. The van der Waals surface area contributed by atoms with E-state index >= 15 is 0 Å². The van der Waals surface area contributed by atoms with E-state index in [1.807, 2.05) is 31.2 Å². The molecule has 0 saturated carbocycles. The maximum Gasteiger partial charge on any atom is 0.250 e. The van der Waals surface area contributed by atoms with Gasteiger partial charge in [0.1, 0.15) is 5.78 Å². The molecule has 0 heterocycles. The van der Waals surface area contributed by atoms with Gasteiger partial charge >= 0.3 is 0 Å². The van der Waals surface area contributed by atoms with Crippen molar-refractivity contribution in [3.8, 4) is 0 Å². The van der Waals surface area contributed by atoms with Gasteiger partial charge in [0.15, 0.2) is 0 Å². The molecule has 0 spiro atoms. The van der Waals surface area contributed by atoms with Crippen LogP contribution in [0.15, 0.2) is 54.6 Å². The van der Waals surface area contributed by atoms with Gasteiger partial charge in [-0.05, 0) is 30.2 Å². The number of hydrogen-bond acceptors (Lipinski definition) is 2. The molecule has 2 unspecified atom stereocenters. The highest BCUT2D eigenvalue weighted by Gasteiger charge is 2.31. The van der Waals surface area contributed by atoms with Gasteiger partial charge in [-0.2, -0.15) is 0 Å². The Bertz CT molecular complexity index is 583. The molecule has 0 aliphatic carbocycles. The lowest BCUT2D eigenvalue weighted by Gasteiger charge is -2.21. The minimum absolute atomic E-state index is 0.390. The van der Waals surface area contributed by atoms with Gasteiger partial charge in [-0.15, -0.1) is 0 Å². The van der Waals surface area contributed by atoms with Crippen molar-refractivity contribution in [2.24, 2.45) is 5.73 Å². The highest BCUT2D eigenvalue weighted by atomic mass is 31.2. The molecule has 0 bridgehead atoms. The van der Waals surface area contributed by atoms with Crippen LogP contribution in [0.1, 0.15) is 16.9 Å². The third-order valence-corrected chi connectivity index (χ3v) is 5.08. The van der Waals surface area contributed by atoms with Crippen molar-refractivity contribution < 1.29 is 9.46 Å². The Morgan fingerprint density at radius 3 is 2.22 bits per heavy atom. The van der Waals surface area contributed by atoms with Gasteiger partial charge < -0.3 is 10.6 Å². The average Bonchev–Trinajstić information content (AvgIpc) is 2.39. The van der Waals surface area contributed by atoms with Gasteiger partial charge in [0.2, 0.25) is 7.37 Å². The highest BCUT2D eigenvalue weighted by molar-refractivity contribution is 7.66. The molecule has 0 fully saturated rings. The first-order chi connectivity index (χ1) is 8.53. The summed E-state index contributed by atoms with van der Waals surface area (Å²) in [6, 6.07) is 16.0. The number of benzene rings is 2. The lowest BCUT2D eigenvalue weighted by Crippen LogP contribution is -2.19. The summed E-state index contributed by atoms with van der Waals surface area (Å²) < 4.78 is 12.5. The minimum Gasteiger partial charge on any atom is -0.340 e. The van der Waals surface area contributed by atoms with Crippen LogP contribution in [-0.2, 0) is 4.57 Å². The Morgan fingerprint density at radius 1 is 1.06 bits per heavy atom. The fraction of sp³-hybridized carbons (Fsp3) is 0.143. The predicted octanol–water partition coefficient (Wildman–Crippen LogP) is 2.55. The molecule has 0 saturated heterocycles. The van der Waals surface area contributed by atoms with Gasteiger partial charge in [0.25, 0.3) is 0 Å². The zero-order valence-corrected chi connectivity index (χ0v) is 11.0. The van der Waals surface area contributed by atoms with Gasteiger partial charge in [-0.25, -0.2) is 0 Å². The van der Waals surface area contributed by atoms with Crippen LogP contribution in [0.3, 0.4) is 0 Å². The monoisotopic (exact) mass is 261 g/mol. The first-order valence-corrected chi connectivity index (χ1v) is 7.45. The molecule has 2 aromatic carbocycles. The quantitative estimate of drug-likeness (QED) is 0.834. The standard InChI is InChI=1S/C14H16NO2P/c1-11-7-5-6-10-13(11)14(15)18(16,17)12-8-3-2-4-9-12/h2-10,14H,15H2,1H3,(H,16,17). The van der Waals surface area contributed by atoms with E-state index in [2.05, 4.69) is 0 Å². The SMILES string of the molecule is Cc1ccccc1C(N)P(=O)(O)c1ccccc1. The molecule has 2 rings (SSSR count). The first-order valence-electron chi connectivity index (χ1n) is 5.72. The number of hydrogen-bond donors (Lipinski definition) is 2. The molecule has 2 aromatic rings. The molecule has 0 aromatic heterocycles. The van der Waals surface area contributed by atoms with Crippen molar-refractivity contribution in [3.05, 3.63) is 65.7 Å². The molecule has 2 atom stereocenters. The molecular weight excluding hydrogens is 245 g/mol. The fourth-order valence-electron chi connectivity index (χ4n) is 1.91. The third-order valence-electron chi connectivity index (χ3n) is 3.01. The van der Waals surface area contributed by atoms with Crippen LogP contribution in [-0.4, -0.2) is 4.89 Å². The number of aryl methyl sites for hydroxylation is 1. The lowest BCUT2D eigenvalue weighted by atomic mass is 10.1. The molecule has 0 aliphatic heterocycles. The van der Waals surface area contributed by atoms with E-state index in [9.17, 15) is 9.46 Å².